The summed E-state index contributed by atoms with van der Waals surface area (Å²) in [6.07, 6.45) is 6.35. The van der Waals surface area contributed by atoms with Crippen LogP contribution in [0.25, 0.3) is 17.8 Å². The van der Waals surface area contributed by atoms with Crippen LogP contribution in [-0.2, 0) is 7.05 Å². The number of imidazole rings is 1. The number of aryl methyl sites for hydroxylation is 3. The van der Waals surface area contributed by atoms with Gasteiger partial charge in [-0.1, -0.05) is 0 Å². The van der Waals surface area contributed by atoms with E-state index in [9.17, 15) is 0 Å². The summed E-state index contributed by atoms with van der Waals surface area (Å²) in [6, 6.07) is 1.93. The van der Waals surface area contributed by atoms with Crippen molar-refractivity contribution in [2.75, 3.05) is 18.0 Å². The lowest BCUT2D eigenvalue weighted by molar-refractivity contribution is 0.243. The zero-order chi connectivity index (χ0) is 19.8. The average molecular weight is 381 g/mol. The van der Waals surface area contributed by atoms with Crippen LogP contribution in [0.15, 0.2) is 6.07 Å². The molecule has 4 heterocycles. The standard InChI is InChI=1S/C20H27N7O/c1-13(2)28-17-12-16(23-27-15(4)14(3)21-19(17)27)8-9-18-22-20(24-25(18)5)26-10-6-7-11-26/h8-9,12-13H,6-7,10-11H2,1-5H3/b9-8+. The predicted octanol–water partition coefficient (Wildman–Crippen LogP) is 3.03. The first-order valence-corrected chi connectivity index (χ1v) is 9.80. The van der Waals surface area contributed by atoms with Gasteiger partial charge in [0.05, 0.1) is 23.2 Å². The third-order valence-corrected chi connectivity index (χ3v) is 4.97. The van der Waals surface area contributed by atoms with Gasteiger partial charge in [-0.2, -0.15) is 10.1 Å². The molecule has 0 spiro atoms. The van der Waals surface area contributed by atoms with Crippen LogP contribution in [0.2, 0.25) is 0 Å². The van der Waals surface area contributed by atoms with Gasteiger partial charge in [-0.25, -0.2) is 14.2 Å². The van der Waals surface area contributed by atoms with E-state index in [4.69, 9.17) is 9.84 Å². The Balaban J connectivity index is 1.68. The fourth-order valence-corrected chi connectivity index (χ4v) is 3.39. The molecule has 148 valence electrons. The summed E-state index contributed by atoms with van der Waals surface area (Å²) >= 11 is 0. The van der Waals surface area contributed by atoms with Gasteiger partial charge in [-0.15, -0.1) is 5.10 Å². The third kappa shape index (κ3) is 3.46. The fraction of sp³-hybridized carbons (Fsp3) is 0.500. The molecular formula is C20H27N7O. The molecule has 3 aromatic rings. The highest BCUT2D eigenvalue weighted by atomic mass is 16.5. The van der Waals surface area contributed by atoms with Gasteiger partial charge in [-0.3, -0.25) is 0 Å². The van der Waals surface area contributed by atoms with Gasteiger partial charge in [0.25, 0.3) is 0 Å². The highest BCUT2D eigenvalue weighted by Gasteiger charge is 2.17. The van der Waals surface area contributed by atoms with Crippen LogP contribution in [0.1, 0.15) is 49.6 Å². The molecule has 0 bridgehead atoms. The molecule has 8 nitrogen and oxygen atoms in total. The van der Waals surface area contributed by atoms with Crippen LogP contribution in [0, 0.1) is 13.8 Å². The van der Waals surface area contributed by atoms with Gasteiger partial charge in [0.15, 0.2) is 17.2 Å². The van der Waals surface area contributed by atoms with E-state index in [0.717, 1.165) is 53.3 Å². The third-order valence-electron chi connectivity index (χ3n) is 4.97. The second kappa shape index (κ2) is 7.26. The van der Waals surface area contributed by atoms with E-state index in [1.165, 1.54) is 12.8 Å². The minimum absolute atomic E-state index is 0.0575. The van der Waals surface area contributed by atoms with E-state index in [2.05, 4.69) is 20.0 Å². The van der Waals surface area contributed by atoms with Crippen LogP contribution in [0.4, 0.5) is 5.95 Å². The van der Waals surface area contributed by atoms with E-state index in [1.807, 2.05) is 57.5 Å². The summed E-state index contributed by atoms with van der Waals surface area (Å²) in [7, 11) is 1.92. The molecule has 4 rings (SSSR count). The number of nitrogens with zero attached hydrogens (tertiary/aromatic N) is 7. The van der Waals surface area contributed by atoms with E-state index >= 15 is 0 Å². The topological polar surface area (TPSA) is 73.4 Å². The van der Waals surface area contributed by atoms with Gasteiger partial charge in [-0.05, 0) is 52.7 Å². The lowest BCUT2D eigenvalue weighted by Gasteiger charge is -2.11. The van der Waals surface area contributed by atoms with E-state index in [0.29, 0.717) is 0 Å². The number of hydrogen-bond acceptors (Lipinski definition) is 6. The van der Waals surface area contributed by atoms with Crippen LogP contribution in [0.3, 0.4) is 0 Å². The van der Waals surface area contributed by atoms with Crippen molar-refractivity contribution in [2.45, 2.75) is 46.6 Å². The number of aromatic nitrogens is 6. The number of hydrogen-bond donors (Lipinski definition) is 0. The first kappa shape index (κ1) is 18.5. The summed E-state index contributed by atoms with van der Waals surface area (Å²) < 4.78 is 9.64. The van der Waals surface area contributed by atoms with E-state index < -0.39 is 0 Å². The molecule has 0 amide bonds. The number of fused-ring (bicyclic) bond motifs is 1. The minimum atomic E-state index is 0.0575. The maximum atomic E-state index is 5.99. The Hall–Kier alpha value is -2.90. The molecule has 28 heavy (non-hydrogen) atoms. The molecule has 0 aromatic carbocycles. The minimum Gasteiger partial charge on any atom is -0.487 e. The monoisotopic (exact) mass is 381 g/mol. The smallest absolute Gasteiger partial charge is 0.245 e. The SMILES string of the molecule is Cc1nc2c(OC(C)C)cc(/C=C/c3nc(N4CCCC4)nn3C)nn2c1C. The Bertz CT molecular complexity index is 1030. The van der Waals surface area contributed by atoms with Gasteiger partial charge >= 0.3 is 0 Å². The quantitative estimate of drug-likeness (QED) is 0.676. The van der Waals surface area contributed by atoms with Crippen molar-refractivity contribution in [2.24, 2.45) is 7.05 Å². The maximum Gasteiger partial charge on any atom is 0.245 e. The molecule has 0 aliphatic carbocycles. The molecule has 8 heteroatoms. The molecular weight excluding hydrogens is 354 g/mol. The Morgan fingerprint density at radius 1 is 1.07 bits per heavy atom. The molecule has 1 aliphatic heterocycles. The number of ether oxygens (including phenoxy) is 1. The maximum absolute atomic E-state index is 5.99. The molecule has 3 aromatic heterocycles. The van der Waals surface area contributed by atoms with E-state index in [1.54, 1.807) is 4.68 Å². The summed E-state index contributed by atoms with van der Waals surface area (Å²) in [5.41, 5.74) is 3.49. The summed E-state index contributed by atoms with van der Waals surface area (Å²) in [5, 5.41) is 9.26. The van der Waals surface area contributed by atoms with Gasteiger partial charge in [0.1, 0.15) is 0 Å². The molecule has 0 radical (unpaired) electrons. The first-order valence-electron chi connectivity index (χ1n) is 9.80. The van der Waals surface area contributed by atoms with Crippen LogP contribution < -0.4 is 9.64 Å². The van der Waals surface area contributed by atoms with Gasteiger partial charge in [0, 0.05) is 26.2 Å². The zero-order valence-corrected chi connectivity index (χ0v) is 17.2. The summed E-state index contributed by atoms with van der Waals surface area (Å²) in [4.78, 5) is 11.5. The predicted molar refractivity (Wildman–Crippen MR) is 110 cm³/mol. The van der Waals surface area contributed by atoms with Crippen molar-refractivity contribution in [1.29, 1.82) is 0 Å². The van der Waals surface area contributed by atoms with Crippen molar-refractivity contribution < 1.29 is 4.74 Å². The number of anilines is 1. The molecule has 0 saturated carbocycles. The lowest BCUT2D eigenvalue weighted by atomic mass is 10.3. The van der Waals surface area contributed by atoms with Crippen molar-refractivity contribution in [3.05, 3.63) is 29.0 Å². The zero-order valence-electron chi connectivity index (χ0n) is 17.2. The highest BCUT2D eigenvalue weighted by Crippen LogP contribution is 2.24. The highest BCUT2D eigenvalue weighted by molar-refractivity contribution is 5.68. The Labute approximate surface area is 164 Å². The van der Waals surface area contributed by atoms with Gasteiger partial charge < -0.3 is 9.64 Å². The molecule has 1 saturated heterocycles. The normalized spacial score (nSPS) is 14.9. The lowest BCUT2D eigenvalue weighted by Crippen LogP contribution is -2.19. The first-order chi connectivity index (χ1) is 13.4. The molecule has 0 unspecified atom stereocenters. The second-order valence-electron chi connectivity index (χ2n) is 7.54. The molecule has 1 fully saturated rings. The van der Waals surface area contributed by atoms with Crippen molar-refractivity contribution in [1.82, 2.24) is 29.4 Å². The molecule has 1 aliphatic rings. The summed E-state index contributed by atoms with van der Waals surface area (Å²) in [6.45, 7) is 10.1. The van der Waals surface area contributed by atoms with E-state index in [-0.39, 0.29) is 6.10 Å². The van der Waals surface area contributed by atoms with Gasteiger partial charge in [0.2, 0.25) is 5.95 Å². The van der Waals surface area contributed by atoms with Crippen molar-refractivity contribution >= 4 is 23.7 Å². The van der Waals surface area contributed by atoms with Crippen molar-refractivity contribution in [3.8, 4) is 5.75 Å². The Kier molecular flexibility index (Phi) is 4.78. The number of rotatable bonds is 5. The second-order valence-corrected chi connectivity index (χ2v) is 7.54. The Morgan fingerprint density at radius 2 is 1.82 bits per heavy atom. The largest absolute Gasteiger partial charge is 0.487 e. The molecule has 0 atom stereocenters. The fourth-order valence-electron chi connectivity index (χ4n) is 3.39. The summed E-state index contributed by atoms with van der Waals surface area (Å²) in [5.74, 6) is 2.33. The average Bonchev–Trinajstić information content (AvgIpc) is 3.35. The molecule has 0 N–H and O–H groups in total. The van der Waals surface area contributed by atoms with Crippen molar-refractivity contribution in [3.63, 3.8) is 0 Å². The van der Waals surface area contributed by atoms with Crippen LogP contribution in [0.5, 0.6) is 5.75 Å². The Morgan fingerprint density at radius 3 is 2.54 bits per heavy atom. The van der Waals surface area contributed by atoms with Crippen LogP contribution >= 0.6 is 0 Å². The van der Waals surface area contributed by atoms with Crippen LogP contribution in [-0.4, -0.2) is 48.6 Å².